The molecule has 3 rings (SSSR count). The molecule has 1 aliphatic heterocycles. The highest BCUT2D eigenvalue weighted by Crippen LogP contribution is 2.28. The van der Waals surface area contributed by atoms with Gasteiger partial charge in [-0.2, -0.15) is 0 Å². The van der Waals surface area contributed by atoms with Crippen LogP contribution in [0.4, 0.5) is 0 Å². The Morgan fingerprint density at radius 1 is 1.00 bits per heavy atom. The Hall–Kier alpha value is -2.95. The van der Waals surface area contributed by atoms with E-state index < -0.39 is 43.1 Å². The first kappa shape index (κ1) is 21.8. The highest BCUT2D eigenvalue weighted by molar-refractivity contribution is 6.08. The van der Waals surface area contributed by atoms with Crippen LogP contribution < -0.4 is 4.74 Å². The van der Waals surface area contributed by atoms with Crippen LogP contribution in [-0.4, -0.2) is 73.7 Å². The van der Waals surface area contributed by atoms with Crippen LogP contribution in [-0.2, 0) is 4.74 Å². The molecule has 0 amide bonds. The lowest BCUT2D eigenvalue weighted by Gasteiger charge is -2.39. The zero-order valence-electron chi connectivity index (χ0n) is 15.7. The lowest BCUT2D eigenvalue weighted by atomic mass is 9.99. The summed E-state index contributed by atoms with van der Waals surface area (Å²) >= 11 is 0. The summed E-state index contributed by atoms with van der Waals surface area (Å²) in [4.78, 5) is 12.3. The van der Waals surface area contributed by atoms with Crippen LogP contribution in [0.5, 0.6) is 17.2 Å². The van der Waals surface area contributed by atoms with Gasteiger partial charge in [-0.05, 0) is 35.9 Å². The molecule has 9 nitrogen and oxygen atoms in total. The molecule has 0 saturated carbocycles. The van der Waals surface area contributed by atoms with Crippen LogP contribution in [0.25, 0.3) is 6.08 Å². The Kier molecular flexibility index (Phi) is 6.70. The standard InChI is InChI=1S/C21H22O9/c22-10-17-18(26)19(27)20(28)21(30-17)29-13-6-7-14(16(25)9-13)15(24)8-3-11-1-4-12(23)5-2-11/h1-9,17-23,25-28H,10H2/t17-,18-,19+,20-,21+/m0/s1. The lowest BCUT2D eigenvalue weighted by molar-refractivity contribution is -0.277. The smallest absolute Gasteiger partial charge is 0.229 e. The summed E-state index contributed by atoms with van der Waals surface area (Å²) < 4.78 is 10.6. The van der Waals surface area contributed by atoms with E-state index in [1.54, 1.807) is 12.1 Å². The lowest BCUT2D eigenvalue weighted by Crippen LogP contribution is -2.60. The Bertz CT molecular complexity index is 907. The molecular weight excluding hydrogens is 396 g/mol. The normalized spacial score (nSPS) is 26.6. The summed E-state index contributed by atoms with van der Waals surface area (Å²) in [7, 11) is 0. The van der Waals surface area contributed by atoms with E-state index in [-0.39, 0.29) is 22.8 Å². The fourth-order valence-electron chi connectivity index (χ4n) is 2.94. The molecule has 2 aromatic rings. The average molecular weight is 418 g/mol. The second kappa shape index (κ2) is 9.24. The number of benzene rings is 2. The molecule has 5 atom stereocenters. The maximum Gasteiger partial charge on any atom is 0.229 e. The van der Waals surface area contributed by atoms with Crippen molar-refractivity contribution < 1.29 is 44.9 Å². The Morgan fingerprint density at radius 2 is 1.70 bits per heavy atom. The molecule has 1 heterocycles. The average Bonchev–Trinajstić information content (AvgIpc) is 2.73. The number of rotatable bonds is 6. The van der Waals surface area contributed by atoms with Crippen molar-refractivity contribution in [3.8, 4) is 17.2 Å². The van der Waals surface area contributed by atoms with E-state index in [1.165, 1.54) is 36.4 Å². The molecular formula is C21H22O9. The van der Waals surface area contributed by atoms with E-state index in [0.717, 1.165) is 6.07 Å². The summed E-state index contributed by atoms with van der Waals surface area (Å²) in [5.41, 5.74) is 0.689. The number of aromatic hydroxyl groups is 2. The van der Waals surface area contributed by atoms with Gasteiger partial charge in [-0.15, -0.1) is 0 Å². The van der Waals surface area contributed by atoms with Gasteiger partial charge in [-0.3, -0.25) is 4.79 Å². The number of allylic oxidation sites excluding steroid dienone is 1. The molecule has 1 fully saturated rings. The topological polar surface area (TPSA) is 157 Å². The quantitative estimate of drug-likeness (QED) is 0.284. The number of carbonyl (C=O) groups is 1. The first-order valence-corrected chi connectivity index (χ1v) is 9.12. The van der Waals surface area contributed by atoms with Gasteiger partial charge in [0, 0.05) is 6.07 Å². The third-order valence-electron chi connectivity index (χ3n) is 4.66. The number of aliphatic hydroxyl groups is 4. The predicted octanol–water partition coefficient (Wildman–Crippen LogP) is 0.173. The highest BCUT2D eigenvalue weighted by Gasteiger charge is 2.44. The summed E-state index contributed by atoms with van der Waals surface area (Å²) in [6.07, 6.45) is -4.46. The fourth-order valence-corrected chi connectivity index (χ4v) is 2.94. The molecule has 1 aliphatic rings. The van der Waals surface area contributed by atoms with Gasteiger partial charge in [-0.1, -0.05) is 18.2 Å². The molecule has 30 heavy (non-hydrogen) atoms. The van der Waals surface area contributed by atoms with Gasteiger partial charge in [0.05, 0.1) is 12.2 Å². The van der Waals surface area contributed by atoms with Gasteiger partial charge in [0.15, 0.2) is 5.78 Å². The van der Waals surface area contributed by atoms with Crippen molar-refractivity contribution in [3.63, 3.8) is 0 Å². The third kappa shape index (κ3) is 4.78. The highest BCUT2D eigenvalue weighted by atomic mass is 16.7. The van der Waals surface area contributed by atoms with Crippen molar-refractivity contribution >= 4 is 11.9 Å². The molecule has 2 aromatic carbocycles. The number of carbonyl (C=O) groups excluding carboxylic acids is 1. The van der Waals surface area contributed by atoms with Crippen LogP contribution in [0.15, 0.2) is 48.5 Å². The zero-order valence-corrected chi connectivity index (χ0v) is 15.7. The van der Waals surface area contributed by atoms with Crippen LogP contribution in [0.1, 0.15) is 15.9 Å². The molecule has 0 unspecified atom stereocenters. The zero-order chi connectivity index (χ0) is 21.8. The number of phenols is 2. The van der Waals surface area contributed by atoms with Crippen molar-refractivity contribution in [3.05, 3.63) is 59.7 Å². The van der Waals surface area contributed by atoms with E-state index in [0.29, 0.717) is 5.56 Å². The minimum Gasteiger partial charge on any atom is -0.508 e. The van der Waals surface area contributed by atoms with Crippen LogP contribution >= 0.6 is 0 Å². The van der Waals surface area contributed by atoms with Gasteiger partial charge in [0.25, 0.3) is 0 Å². The maximum atomic E-state index is 12.3. The Morgan fingerprint density at radius 3 is 2.33 bits per heavy atom. The van der Waals surface area contributed by atoms with E-state index in [1.807, 2.05) is 0 Å². The molecule has 0 bridgehead atoms. The molecule has 160 valence electrons. The maximum absolute atomic E-state index is 12.3. The van der Waals surface area contributed by atoms with Crippen molar-refractivity contribution in [2.75, 3.05) is 6.61 Å². The number of aliphatic hydroxyl groups excluding tert-OH is 4. The second-order valence-electron chi connectivity index (χ2n) is 6.78. The summed E-state index contributed by atoms with van der Waals surface area (Å²) in [6.45, 7) is -0.600. The Labute approximate surface area is 171 Å². The first-order valence-electron chi connectivity index (χ1n) is 9.12. The van der Waals surface area contributed by atoms with E-state index in [4.69, 9.17) is 9.47 Å². The van der Waals surface area contributed by atoms with Gasteiger partial charge in [-0.25, -0.2) is 0 Å². The minimum absolute atomic E-state index is 0.00572. The number of hydrogen-bond donors (Lipinski definition) is 6. The number of ketones is 1. The first-order chi connectivity index (χ1) is 14.3. The van der Waals surface area contributed by atoms with E-state index >= 15 is 0 Å². The molecule has 9 heteroatoms. The summed E-state index contributed by atoms with van der Waals surface area (Å²) in [5, 5.41) is 58.2. The van der Waals surface area contributed by atoms with E-state index in [9.17, 15) is 35.4 Å². The fraction of sp³-hybridized carbons (Fsp3) is 0.286. The van der Waals surface area contributed by atoms with Gasteiger partial charge in [0.2, 0.25) is 6.29 Å². The predicted molar refractivity (Wildman–Crippen MR) is 104 cm³/mol. The number of hydrogen-bond acceptors (Lipinski definition) is 9. The van der Waals surface area contributed by atoms with Crippen molar-refractivity contribution in [2.24, 2.45) is 0 Å². The van der Waals surface area contributed by atoms with Crippen molar-refractivity contribution in [1.82, 2.24) is 0 Å². The van der Waals surface area contributed by atoms with E-state index in [2.05, 4.69) is 0 Å². The van der Waals surface area contributed by atoms with Crippen molar-refractivity contribution in [1.29, 1.82) is 0 Å². The Balaban J connectivity index is 1.70. The molecule has 1 saturated heterocycles. The molecule has 0 radical (unpaired) electrons. The van der Waals surface area contributed by atoms with Crippen LogP contribution in [0.3, 0.4) is 0 Å². The second-order valence-corrected chi connectivity index (χ2v) is 6.78. The van der Waals surface area contributed by atoms with Crippen LogP contribution in [0, 0.1) is 0 Å². The van der Waals surface area contributed by atoms with Gasteiger partial charge in [0.1, 0.15) is 41.7 Å². The summed E-state index contributed by atoms with van der Waals surface area (Å²) in [5.74, 6) is -0.709. The molecule has 0 spiro atoms. The summed E-state index contributed by atoms with van der Waals surface area (Å²) in [6, 6.07) is 10.0. The minimum atomic E-state index is -1.60. The molecule has 0 aliphatic carbocycles. The molecule has 0 aromatic heterocycles. The van der Waals surface area contributed by atoms with Gasteiger partial charge < -0.3 is 40.1 Å². The monoisotopic (exact) mass is 418 g/mol. The largest absolute Gasteiger partial charge is 0.508 e. The number of phenolic OH excluding ortho intramolecular Hbond substituents is 2. The third-order valence-corrected chi connectivity index (χ3v) is 4.66. The van der Waals surface area contributed by atoms with Gasteiger partial charge >= 0.3 is 0 Å². The SMILES string of the molecule is O=C(C=Cc1ccc(O)cc1)c1ccc(O[C@@H]2O[C@@H](CO)[C@H](O)[C@@H](O)[C@@H]2O)cc1O. The molecule has 6 N–H and O–H groups in total. The van der Waals surface area contributed by atoms with Crippen molar-refractivity contribution in [2.45, 2.75) is 30.7 Å². The van der Waals surface area contributed by atoms with Crippen LogP contribution in [0.2, 0.25) is 0 Å². The number of ether oxygens (including phenoxy) is 2.